The highest BCUT2D eigenvalue weighted by Crippen LogP contribution is 2.16. The number of ether oxygens (including phenoxy) is 1. The highest BCUT2D eigenvalue weighted by molar-refractivity contribution is 9.10. The summed E-state index contributed by atoms with van der Waals surface area (Å²) in [6, 6.07) is 0. The number of anilines is 1. The molecule has 0 unspecified atom stereocenters. The Kier molecular flexibility index (Phi) is 4.86. The van der Waals surface area contributed by atoms with E-state index < -0.39 is 18.9 Å². The number of hydrogen-bond donors (Lipinski definition) is 0. The van der Waals surface area contributed by atoms with Crippen molar-refractivity contribution in [2.24, 2.45) is 0 Å². The Morgan fingerprint density at radius 1 is 1.24 bits per heavy atom. The summed E-state index contributed by atoms with van der Waals surface area (Å²) in [4.78, 5) is 22.8. The monoisotopic (exact) mass is 368 g/mol. The number of hydrogen-bond acceptors (Lipinski definition) is 5. The van der Waals surface area contributed by atoms with Gasteiger partial charge in [0.05, 0.1) is 4.47 Å². The molecule has 0 bridgehead atoms. The Morgan fingerprint density at radius 2 is 1.81 bits per heavy atom. The molecule has 2 heterocycles. The normalized spacial score (nSPS) is 16.0. The maximum absolute atomic E-state index is 12.0. The summed E-state index contributed by atoms with van der Waals surface area (Å²) in [5, 5.41) is 0. The third kappa shape index (κ3) is 4.73. The van der Waals surface area contributed by atoms with Crippen molar-refractivity contribution in [2.75, 3.05) is 37.7 Å². The Balaban J connectivity index is 1.82. The largest absolute Gasteiger partial charge is 0.440 e. The molecule has 2 rings (SSSR count). The maximum atomic E-state index is 12.0. The van der Waals surface area contributed by atoms with Gasteiger partial charge in [0.2, 0.25) is 5.95 Å². The molecule has 0 radical (unpaired) electrons. The van der Waals surface area contributed by atoms with E-state index in [0.29, 0.717) is 19.0 Å². The molecular weight excluding hydrogens is 357 g/mol. The molecule has 1 aromatic heterocycles. The lowest BCUT2D eigenvalue weighted by Crippen LogP contribution is -2.49. The number of alkyl halides is 3. The van der Waals surface area contributed by atoms with Crippen LogP contribution < -0.4 is 4.90 Å². The molecule has 10 heteroatoms. The smallest absolute Gasteiger partial charge is 0.422 e. The van der Waals surface area contributed by atoms with E-state index in [4.69, 9.17) is 0 Å². The van der Waals surface area contributed by atoms with Crippen LogP contribution in [-0.4, -0.2) is 59.9 Å². The van der Waals surface area contributed by atoms with Crippen molar-refractivity contribution in [1.82, 2.24) is 14.9 Å². The van der Waals surface area contributed by atoms with E-state index in [1.165, 1.54) is 4.90 Å². The van der Waals surface area contributed by atoms with Crippen molar-refractivity contribution in [2.45, 2.75) is 6.18 Å². The van der Waals surface area contributed by atoms with Gasteiger partial charge in [0.15, 0.2) is 6.61 Å². The third-order valence-electron chi connectivity index (χ3n) is 2.79. The van der Waals surface area contributed by atoms with Crippen LogP contribution in [0.2, 0.25) is 0 Å². The molecular formula is C11H12BrF3N4O2. The second-order valence-corrected chi connectivity index (χ2v) is 5.26. The van der Waals surface area contributed by atoms with Gasteiger partial charge in [-0.3, -0.25) is 0 Å². The second kappa shape index (κ2) is 6.46. The average molecular weight is 369 g/mol. The maximum Gasteiger partial charge on any atom is 0.422 e. The van der Waals surface area contributed by atoms with Crippen LogP contribution in [0.15, 0.2) is 16.9 Å². The Morgan fingerprint density at radius 3 is 2.33 bits per heavy atom. The van der Waals surface area contributed by atoms with Gasteiger partial charge in [-0.25, -0.2) is 14.8 Å². The number of halogens is 4. The summed E-state index contributed by atoms with van der Waals surface area (Å²) in [6.45, 7) is -0.181. The lowest BCUT2D eigenvalue weighted by atomic mass is 10.3. The number of rotatable bonds is 2. The van der Waals surface area contributed by atoms with Crippen molar-refractivity contribution in [3.05, 3.63) is 16.9 Å². The molecule has 1 fully saturated rings. The minimum atomic E-state index is -4.51. The van der Waals surface area contributed by atoms with Gasteiger partial charge in [0.25, 0.3) is 0 Å². The van der Waals surface area contributed by atoms with E-state index in [1.807, 2.05) is 4.90 Å². The molecule has 0 aliphatic carbocycles. The molecule has 0 saturated carbocycles. The van der Waals surface area contributed by atoms with E-state index in [0.717, 1.165) is 4.47 Å². The fourth-order valence-electron chi connectivity index (χ4n) is 1.79. The van der Waals surface area contributed by atoms with Crippen molar-refractivity contribution >= 4 is 28.0 Å². The number of aromatic nitrogens is 2. The molecule has 21 heavy (non-hydrogen) atoms. The van der Waals surface area contributed by atoms with Crippen LogP contribution in [0, 0.1) is 0 Å². The first-order chi connectivity index (χ1) is 9.85. The summed E-state index contributed by atoms with van der Waals surface area (Å²) >= 11 is 3.23. The first kappa shape index (κ1) is 15.8. The second-order valence-electron chi connectivity index (χ2n) is 4.35. The van der Waals surface area contributed by atoms with Crippen molar-refractivity contribution in [3.8, 4) is 0 Å². The summed E-state index contributed by atoms with van der Waals surface area (Å²) in [7, 11) is 0. The fraction of sp³-hybridized carbons (Fsp3) is 0.545. The zero-order valence-electron chi connectivity index (χ0n) is 10.8. The van der Waals surface area contributed by atoms with Crippen molar-refractivity contribution < 1.29 is 22.7 Å². The lowest BCUT2D eigenvalue weighted by molar-refractivity contribution is -0.162. The zero-order chi connectivity index (χ0) is 15.5. The molecule has 1 aliphatic heterocycles. The third-order valence-corrected chi connectivity index (χ3v) is 3.20. The summed E-state index contributed by atoms with van der Waals surface area (Å²) in [5.41, 5.74) is 0. The van der Waals surface area contributed by atoms with Crippen LogP contribution in [0.4, 0.5) is 23.9 Å². The predicted octanol–water partition coefficient (Wildman–Crippen LogP) is 2.06. The van der Waals surface area contributed by atoms with E-state index in [1.54, 1.807) is 12.4 Å². The van der Waals surface area contributed by atoms with Gasteiger partial charge in [0, 0.05) is 38.6 Å². The molecule has 0 spiro atoms. The van der Waals surface area contributed by atoms with Gasteiger partial charge in [-0.1, -0.05) is 0 Å². The van der Waals surface area contributed by atoms with Crippen molar-refractivity contribution in [3.63, 3.8) is 0 Å². The SMILES string of the molecule is O=C(OCC(F)(F)F)N1CCN(c2ncc(Br)cn2)CC1. The standard InChI is InChI=1S/C11H12BrF3N4O2/c12-8-5-16-9(17-6-8)18-1-3-19(4-2-18)10(20)21-7-11(13,14)15/h5-6H,1-4,7H2. The van der Waals surface area contributed by atoms with Gasteiger partial charge in [-0.15, -0.1) is 0 Å². The van der Waals surface area contributed by atoms with E-state index in [2.05, 4.69) is 30.6 Å². The fourth-order valence-corrected chi connectivity index (χ4v) is 2.00. The van der Waals surface area contributed by atoms with Gasteiger partial charge < -0.3 is 14.5 Å². The number of carbonyl (C=O) groups is 1. The quantitative estimate of drug-likeness (QED) is 0.799. The van der Waals surface area contributed by atoms with Crippen LogP contribution in [-0.2, 0) is 4.74 Å². The van der Waals surface area contributed by atoms with Gasteiger partial charge in [-0.2, -0.15) is 13.2 Å². The zero-order valence-corrected chi connectivity index (χ0v) is 12.4. The summed E-state index contributed by atoms with van der Waals surface area (Å²) < 4.78 is 40.9. The molecule has 6 nitrogen and oxygen atoms in total. The van der Waals surface area contributed by atoms with Crippen LogP contribution >= 0.6 is 15.9 Å². The molecule has 1 saturated heterocycles. The number of piperazine rings is 1. The molecule has 1 amide bonds. The van der Waals surface area contributed by atoms with Crippen LogP contribution in [0.1, 0.15) is 0 Å². The minimum Gasteiger partial charge on any atom is -0.440 e. The van der Waals surface area contributed by atoms with Crippen LogP contribution in [0.25, 0.3) is 0 Å². The topological polar surface area (TPSA) is 58.6 Å². The average Bonchev–Trinajstić information content (AvgIpc) is 2.45. The van der Waals surface area contributed by atoms with Gasteiger partial charge in [-0.05, 0) is 15.9 Å². The summed E-state index contributed by atoms with van der Waals surface area (Å²) in [6.07, 6.45) is -2.26. The molecule has 1 aliphatic rings. The molecule has 0 N–H and O–H groups in total. The first-order valence-electron chi connectivity index (χ1n) is 6.06. The highest BCUT2D eigenvalue weighted by Gasteiger charge is 2.31. The van der Waals surface area contributed by atoms with Crippen molar-refractivity contribution in [1.29, 1.82) is 0 Å². The van der Waals surface area contributed by atoms with E-state index in [-0.39, 0.29) is 13.1 Å². The number of carbonyl (C=O) groups excluding carboxylic acids is 1. The molecule has 1 aromatic rings. The van der Waals surface area contributed by atoms with Gasteiger partial charge >= 0.3 is 12.3 Å². The Hall–Kier alpha value is -1.58. The Labute approximate surface area is 127 Å². The lowest BCUT2D eigenvalue weighted by Gasteiger charge is -2.34. The summed E-state index contributed by atoms with van der Waals surface area (Å²) in [5.74, 6) is 0.515. The predicted molar refractivity (Wildman–Crippen MR) is 70.9 cm³/mol. The van der Waals surface area contributed by atoms with E-state index in [9.17, 15) is 18.0 Å². The van der Waals surface area contributed by atoms with Crippen LogP contribution in [0.3, 0.4) is 0 Å². The number of nitrogens with zero attached hydrogens (tertiary/aromatic N) is 4. The minimum absolute atomic E-state index is 0.260. The molecule has 116 valence electrons. The van der Waals surface area contributed by atoms with Gasteiger partial charge in [0.1, 0.15) is 0 Å². The Bertz CT molecular complexity index is 489. The highest BCUT2D eigenvalue weighted by atomic mass is 79.9. The van der Waals surface area contributed by atoms with E-state index >= 15 is 0 Å². The van der Waals surface area contributed by atoms with Crippen LogP contribution in [0.5, 0.6) is 0 Å². The molecule has 0 atom stereocenters. The molecule has 0 aromatic carbocycles. The first-order valence-corrected chi connectivity index (χ1v) is 6.85. The number of amides is 1.